The van der Waals surface area contributed by atoms with E-state index in [0.29, 0.717) is 27.6 Å². The van der Waals surface area contributed by atoms with Crippen LogP contribution in [0.2, 0.25) is 10.0 Å². The van der Waals surface area contributed by atoms with Gasteiger partial charge in [-0.2, -0.15) is 0 Å². The van der Waals surface area contributed by atoms with Crippen LogP contribution in [-0.2, 0) is 5.60 Å². The molecule has 0 saturated heterocycles. The van der Waals surface area contributed by atoms with Gasteiger partial charge in [0.05, 0.1) is 6.10 Å². The first-order chi connectivity index (χ1) is 10.4. The van der Waals surface area contributed by atoms with Gasteiger partial charge < -0.3 is 10.2 Å². The quantitative estimate of drug-likeness (QED) is 0.860. The second-order valence-electron chi connectivity index (χ2n) is 5.38. The molecule has 2 N–H and O–H groups in total. The van der Waals surface area contributed by atoms with Gasteiger partial charge in [-0.3, -0.25) is 4.98 Å². The van der Waals surface area contributed by atoms with Crippen molar-refractivity contribution < 1.29 is 10.2 Å². The molecular formula is C17H19Cl2NO2. The Morgan fingerprint density at radius 2 is 2.00 bits per heavy atom. The number of hydrogen-bond acceptors (Lipinski definition) is 3. The van der Waals surface area contributed by atoms with E-state index in [2.05, 4.69) is 4.98 Å². The third kappa shape index (κ3) is 3.13. The van der Waals surface area contributed by atoms with E-state index in [0.717, 1.165) is 0 Å². The third-order valence-electron chi connectivity index (χ3n) is 4.10. The Hall–Kier alpha value is -1.13. The molecule has 118 valence electrons. The first-order valence-corrected chi connectivity index (χ1v) is 7.92. The average Bonchev–Trinajstić information content (AvgIpc) is 2.55. The van der Waals surface area contributed by atoms with Crippen LogP contribution in [0.15, 0.2) is 42.7 Å². The number of aliphatic hydroxyl groups is 2. The fraction of sp³-hybridized carbons (Fsp3) is 0.353. The highest BCUT2D eigenvalue weighted by Gasteiger charge is 2.43. The van der Waals surface area contributed by atoms with Crippen LogP contribution in [0.1, 0.15) is 37.3 Å². The summed E-state index contributed by atoms with van der Waals surface area (Å²) in [7, 11) is 0. The lowest BCUT2D eigenvalue weighted by molar-refractivity contribution is -0.0977. The first-order valence-electron chi connectivity index (χ1n) is 7.17. The van der Waals surface area contributed by atoms with E-state index in [1.54, 1.807) is 42.7 Å². The smallest absolute Gasteiger partial charge is 0.123 e. The van der Waals surface area contributed by atoms with Gasteiger partial charge in [0.2, 0.25) is 0 Å². The van der Waals surface area contributed by atoms with Crippen molar-refractivity contribution in [2.45, 2.75) is 37.9 Å². The van der Waals surface area contributed by atoms with E-state index < -0.39 is 17.6 Å². The molecule has 1 heterocycles. The van der Waals surface area contributed by atoms with E-state index in [4.69, 9.17) is 23.2 Å². The highest BCUT2D eigenvalue weighted by molar-refractivity contribution is 6.33. The second kappa shape index (κ2) is 6.97. The summed E-state index contributed by atoms with van der Waals surface area (Å²) in [5.41, 5.74) is -0.266. The minimum Gasteiger partial charge on any atom is -0.390 e. The van der Waals surface area contributed by atoms with Crippen molar-refractivity contribution >= 4 is 23.2 Å². The maximum atomic E-state index is 11.3. The van der Waals surface area contributed by atoms with Crippen molar-refractivity contribution in [2.24, 2.45) is 0 Å². The summed E-state index contributed by atoms with van der Waals surface area (Å²) in [6.45, 7) is 3.64. The molecule has 0 amide bonds. The highest BCUT2D eigenvalue weighted by atomic mass is 35.5. The van der Waals surface area contributed by atoms with Gasteiger partial charge in [-0.05, 0) is 36.2 Å². The largest absolute Gasteiger partial charge is 0.390 e. The van der Waals surface area contributed by atoms with E-state index in [-0.39, 0.29) is 0 Å². The Morgan fingerprint density at radius 3 is 2.59 bits per heavy atom. The minimum absolute atomic E-state index is 0.397. The van der Waals surface area contributed by atoms with E-state index in [1.165, 1.54) is 0 Å². The number of hydrogen-bond donors (Lipinski definition) is 2. The molecule has 3 atom stereocenters. The molecule has 1 aromatic heterocycles. The van der Waals surface area contributed by atoms with Gasteiger partial charge in [-0.1, -0.05) is 43.1 Å². The van der Waals surface area contributed by atoms with Crippen LogP contribution in [0.4, 0.5) is 0 Å². The van der Waals surface area contributed by atoms with Gasteiger partial charge in [0, 0.05) is 33.9 Å². The normalized spacial score (nSPS) is 16.8. The number of aromatic nitrogens is 1. The number of nitrogens with zero attached hydrogens (tertiary/aromatic N) is 1. The summed E-state index contributed by atoms with van der Waals surface area (Å²) in [6.07, 6.45) is 2.63. The van der Waals surface area contributed by atoms with Gasteiger partial charge >= 0.3 is 0 Å². The molecule has 1 aromatic carbocycles. The summed E-state index contributed by atoms with van der Waals surface area (Å²) in [4.78, 5) is 4.05. The number of rotatable bonds is 5. The molecule has 0 bridgehead atoms. The maximum absolute atomic E-state index is 11.3. The topological polar surface area (TPSA) is 53.4 Å². The third-order valence-corrected chi connectivity index (χ3v) is 4.68. The number of aliphatic hydroxyl groups excluding tert-OH is 1. The van der Waals surface area contributed by atoms with Crippen molar-refractivity contribution in [1.82, 2.24) is 4.98 Å². The summed E-state index contributed by atoms with van der Waals surface area (Å²) < 4.78 is 0. The van der Waals surface area contributed by atoms with Crippen molar-refractivity contribution in [3.63, 3.8) is 0 Å². The van der Waals surface area contributed by atoms with Gasteiger partial charge in [0.25, 0.3) is 0 Å². The maximum Gasteiger partial charge on any atom is 0.123 e. The van der Waals surface area contributed by atoms with Crippen LogP contribution in [0.5, 0.6) is 0 Å². The van der Waals surface area contributed by atoms with Crippen LogP contribution in [-0.4, -0.2) is 21.3 Å². The van der Waals surface area contributed by atoms with Crippen molar-refractivity contribution in [3.05, 3.63) is 63.9 Å². The molecule has 0 aliphatic rings. The Labute approximate surface area is 140 Å². The average molecular weight is 340 g/mol. The molecule has 0 spiro atoms. The predicted octanol–water partition coefficient (Wildman–Crippen LogP) is 4.15. The SMILES string of the molecule is CCC(O)C(O)(c1cccnc1)C(C)c1cc(Cl)ccc1Cl. The number of benzene rings is 1. The fourth-order valence-electron chi connectivity index (χ4n) is 2.73. The molecule has 2 rings (SSSR count). The zero-order valence-electron chi connectivity index (χ0n) is 12.5. The van der Waals surface area contributed by atoms with Gasteiger partial charge in [-0.25, -0.2) is 0 Å². The molecule has 0 radical (unpaired) electrons. The summed E-state index contributed by atoms with van der Waals surface area (Å²) in [5.74, 6) is -0.460. The molecule has 3 nitrogen and oxygen atoms in total. The molecule has 2 aromatic rings. The van der Waals surface area contributed by atoms with Crippen molar-refractivity contribution in [3.8, 4) is 0 Å². The summed E-state index contributed by atoms with van der Waals surface area (Å²) in [6, 6.07) is 8.59. The minimum atomic E-state index is -1.50. The molecular weight excluding hydrogens is 321 g/mol. The van der Waals surface area contributed by atoms with E-state index in [9.17, 15) is 10.2 Å². The lowest BCUT2D eigenvalue weighted by Gasteiger charge is -2.38. The zero-order chi connectivity index (χ0) is 16.3. The lowest BCUT2D eigenvalue weighted by atomic mass is 9.74. The van der Waals surface area contributed by atoms with Crippen LogP contribution in [0, 0.1) is 0 Å². The number of halogens is 2. The first kappa shape index (κ1) is 17.2. The van der Waals surface area contributed by atoms with Crippen molar-refractivity contribution in [1.29, 1.82) is 0 Å². The second-order valence-corrected chi connectivity index (χ2v) is 6.22. The predicted molar refractivity (Wildman–Crippen MR) is 89.3 cm³/mol. The highest BCUT2D eigenvalue weighted by Crippen LogP contribution is 2.43. The summed E-state index contributed by atoms with van der Waals surface area (Å²) in [5, 5.41) is 22.8. The summed E-state index contributed by atoms with van der Waals surface area (Å²) >= 11 is 12.3. The van der Waals surface area contributed by atoms with Crippen molar-refractivity contribution in [2.75, 3.05) is 0 Å². The van der Waals surface area contributed by atoms with Crippen LogP contribution < -0.4 is 0 Å². The Balaban J connectivity index is 2.57. The van der Waals surface area contributed by atoms with E-state index >= 15 is 0 Å². The van der Waals surface area contributed by atoms with Crippen LogP contribution >= 0.6 is 23.2 Å². The molecule has 0 fully saturated rings. The Bertz CT molecular complexity index is 636. The lowest BCUT2D eigenvalue weighted by Crippen LogP contribution is -2.44. The monoisotopic (exact) mass is 339 g/mol. The zero-order valence-corrected chi connectivity index (χ0v) is 14.0. The molecule has 3 unspecified atom stereocenters. The molecule has 5 heteroatoms. The standard InChI is InChI=1S/C17H19Cl2NO2/c1-3-16(21)17(22,12-5-4-8-20-10-12)11(2)14-9-13(18)6-7-15(14)19/h4-11,16,21-22H,3H2,1-2H3. The van der Waals surface area contributed by atoms with Gasteiger partial charge in [-0.15, -0.1) is 0 Å². The van der Waals surface area contributed by atoms with Gasteiger partial charge in [0.15, 0.2) is 0 Å². The Kier molecular flexibility index (Phi) is 5.45. The molecule has 0 aliphatic heterocycles. The van der Waals surface area contributed by atoms with Crippen LogP contribution in [0.25, 0.3) is 0 Å². The number of pyridine rings is 1. The molecule has 0 saturated carbocycles. The molecule has 0 aliphatic carbocycles. The van der Waals surface area contributed by atoms with E-state index in [1.807, 2.05) is 13.8 Å². The van der Waals surface area contributed by atoms with Gasteiger partial charge in [0.1, 0.15) is 5.60 Å². The van der Waals surface area contributed by atoms with Crippen LogP contribution in [0.3, 0.4) is 0 Å². The Morgan fingerprint density at radius 1 is 1.27 bits per heavy atom. The molecule has 22 heavy (non-hydrogen) atoms. The fourth-order valence-corrected chi connectivity index (χ4v) is 3.19.